The summed E-state index contributed by atoms with van der Waals surface area (Å²) in [6.07, 6.45) is 1.98. The first kappa shape index (κ1) is 39.3. The van der Waals surface area contributed by atoms with Crippen molar-refractivity contribution in [3.8, 4) is 22.6 Å². The number of hydrogen-bond donors (Lipinski definition) is 0. The highest BCUT2D eigenvalue weighted by atomic mass is 16.6. The third-order valence-corrected chi connectivity index (χ3v) is 8.76. The van der Waals surface area contributed by atoms with Crippen LogP contribution < -0.4 is 14.6 Å². The third-order valence-electron chi connectivity index (χ3n) is 8.76. The van der Waals surface area contributed by atoms with Gasteiger partial charge in [0.15, 0.2) is 11.5 Å². The van der Waals surface area contributed by atoms with Crippen LogP contribution in [0.5, 0.6) is 11.5 Å². The quantitative estimate of drug-likeness (QED) is 0.106. The number of aliphatic carboxylic acids is 1. The average Bonchev–Trinajstić information content (AvgIpc) is 3.37. The Morgan fingerprint density at radius 1 is 0.580 bits per heavy atom. The minimum absolute atomic E-state index is 0.0251. The number of ether oxygens (including phenoxy) is 8. The number of hydrogen-bond acceptors (Lipinski definition) is 10. The number of rotatable bonds is 26. The van der Waals surface area contributed by atoms with E-state index in [1.165, 1.54) is 22.3 Å². The second kappa shape index (κ2) is 21.0. The molecule has 10 nitrogen and oxygen atoms in total. The van der Waals surface area contributed by atoms with Crippen LogP contribution in [0.4, 0.5) is 0 Å². The molecule has 0 saturated heterocycles. The van der Waals surface area contributed by atoms with Gasteiger partial charge < -0.3 is 47.8 Å². The van der Waals surface area contributed by atoms with E-state index in [1.54, 1.807) is 14.2 Å². The lowest BCUT2D eigenvalue weighted by atomic mass is 9.68. The molecule has 3 aromatic carbocycles. The van der Waals surface area contributed by atoms with Gasteiger partial charge in [0.2, 0.25) is 0 Å². The van der Waals surface area contributed by atoms with E-state index in [0.29, 0.717) is 104 Å². The lowest BCUT2D eigenvalue weighted by Gasteiger charge is -2.34. The first-order valence-corrected chi connectivity index (χ1v) is 17.5. The van der Waals surface area contributed by atoms with E-state index < -0.39 is 11.4 Å². The normalized spacial score (nSPS) is 12.9. The Kier molecular flexibility index (Phi) is 16.5. The summed E-state index contributed by atoms with van der Waals surface area (Å²) in [4.78, 5) is 11.4. The van der Waals surface area contributed by atoms with Crippen molar-refractivity contribution in [1.82, 2.24) is 0 Å². The minimum atomic E-state index is -1.03. The van der Waals surface area contributed by atoms with Gasteiger partial charge in [-0.1, -0.05) is 60.0 Å². The summed E-state index contributed by atoms with van der Waals surface area (Å²) in [6, 6.07) is 19.4. The maximum atomic E-state index is 11.4. The largest absolute Gasteiger partial charge is 0.550 e. The predicted octanol–water partition coefficient (Wildman–Crippen LogP) is 5.05. The van der Waals surface area contributed by atoms with Crippen LogP contribution >= 0.6 is 0 Å². The van der Waals surface area contributed by atoms with Crippen LogP contribution in [0.2, 0.25) is 0 Å². The van der Waals surface area contributed by atoms with Crippen LogP contribution in [0.1, 0.15) is 53.5 Å². The summed E-state index contributed by atoms with van der Waals surface area (Å²) >= 11 is 0. The SMILES string of the molecule is COCCOCCOCCOc1ccc(C2(CCCCC(=O)[O-])c3cc(C)ccc3-c3ccc(C)cc32)cc1OCCOCCOCCOC. The molecule has 0 aromatic heterocycles. The highest BCUT2D eigenvalue weighted by molar-refractivity contribution is 5.84. The fraction of sp³-hybridized carbons (Fsp3) is 0.525. The van der Waals surface area contributed by atoms with Gasteiger partial charge in [0, 0.05) is 25.6 Å². The Balaban J connectivity index is 1.59. The van der Waals surface area contributed by atoms with Crippen molar-refractivity contribution >= 4 is 5.97 Å². The number of carbonyl (C=O) groups excluding carboxylic acids is 1. The van der Waals surface area contributed by atoms with Crippen molar-refractivity contribution in [2.75, 3.05) is 93.5 Å². The monoisotopic (exact) mass is 693 g/mol. The molecule has 0 heterocycles. The minimum Gasteiger partial charge on any atom is -0.550 e. The van der Waals surface area contributed by atoms with Gasteiger partial charge in [-0.05, 0) is 73.1 Å². The van der Waals surface area contributed by atoms with Crippen molar-refractivity contribution in [2.24, 2.45) is 0 Å². The second-order valence-corrected chi connectivity index (χ2v) is 12.4. The molecule has 0 bridgehead atoms. The zero-order chi connectivity index (χ0) is 35.6. The average molecular weight is 694 g/mol. The number of fused-ring (bicyclic) bond motifs is 3. The summed E-state index contributed by atoms with van der Waals surface area (Å²) in [7, 11) is 3.28. The highest BCUT2D eigenvalue weighted by Crippen LogP contribution is 2.56. The molecule has 0 unspecified atom stereocenters. The van der Waals surface area contributed by atoms with Gasteiger partial charge in [-0.25, -0.2) is 0 Å². The molecule has 0 amide bonds. The number of carboxylic acids is 1. The van der Waals surface area contributed by atoms with E-state index in [9.17, 15) is 9.90 Å². The number of unbranched alkanes of at least 4 members (excludes halogenated alkanes) is 1. The Bertz CT molecular complexity index is 1420. The van der Waals surface area contributed by atoms with Crippen molar-refractivity contribution in [1.29, 1.82) is 0 Å². The molecule has 0 saturated carbocycles. The number of carboxylic acid groups (broad SMARTS) is 1. The first-order valence-electron chi connectivity index (χ1n) is 17.5. The van der Waals surface area contributed by atoms with Crippen molar-refractivity contribution in [2.45, 2.75) is 44.9 Å². The molecule has 0 aliphatic heterocycles. The highest BCUT2D eigenvalue weighted by Gasteiger charge is 2.44. The van der Waals surface area contributed by atoms with E-state index in [0.717, 1.165) is 23.1 Å². The van der Waals surface area contributed by atoms with E-state index in [4.69, 9.17) is 37.9 Å². The molecule has 50 heavy (non-hydrogen) atoms. The smallest absolute Gasteiger partial charge is 0.161 e. The fourth-order valence-electron chi connectivity index (χ4n) is 6.38. The number of benzene rings is 3. The van der Waals surface area contributed by atoms with Crippen LogP contribution in [0.15, 0.2) is 54.6 Å². The molecule has 4 rings (SSSR count). The Morgan fingerprint density at radius 3 is 1.56 bits per heavy atom. The number of aryl methyl sites for hydroxylation is 2. The van der Waals surface area contributed by atoms with Gasteiger partial charge in [0.05, 0.1) is 66.1 Å². The number of carbonyl (C=O) groups is 1. The van der Waals surface area contributed by atoms with Crippen LogP contribution in [0, 0.1) is 13.8 Å². The topological polar surface area (TPSA) is 114 Å². The zero-order valence-corrected chi connectivity index (χ0v) is 30.1. The Hall–Kier alpha value is -3.51. The lowest BCUT2D eigenvalue weighted by Crippen LogP contribution is -2.28. The first-order chi connectivity index (χ1) is 24.4. The third kappa shape index (κ3) is 11.0. The van der Waals surface area contributed by atoms with Crippen LogP contribution in [-0.4, -0.2) is 99.5 Å². The van der Waals surface area contributed by atoms with Crippen LogP contribution in [-0.2, 0) is 38.6 Å². The molecule has 0 atom stereocenters. The molecular weight excluding hydrogens is 640 g/mol. The Morgan fingerprint density at radius 2 is 1.06 bits per heavy atom. The molecule has 0 fully saturated rings. The van der Waals surface area contributed by atoms with Gasteiger partial charge in [0.25, 0.3) is 0 Å². The molecule has 0 spiro atoms. The zero-order valence-electron chi connectivity index (χ0n) is 30.1. The van der Waals surface area contributed by atoms with Gasteiger partial charge in [-0.3, -0.25) is 0 Å². The van der Waals surface area contributed by atoms with Gasteiger partial charge in [0.1, 0.15) is 13.2 Å². The van der Waals surface area contributed by atoms with Crippen LogP contribution in [0.3, 0.4) is 0 Å². The predicted molar refractivity (Wildman–Crippen MR) is 189 cm³/mol. The van der Waals surface area contributed by atoms with Crippen molar-refractivity contribution < 1.29 is 47.8 Å². The molecule has 0 N–H and O–H groups in total. The molecule has 1 aliphatic carbocycles. The van der Waals surface area contributed by atoms with Crippen LogP contribution in [0.25, 0.3) is 11.1 Å². The van der Waals surface area contributed by atoms with E-state index >= 15 is 0 Å². The summed E-state index contributed by atoms with van der Waals surface area (Å²) in [5.41, 5.74) is 7.67. The summed E-state index contributed by atoms with van der Waals surface area (Å²) in [5.74, 6) is 0.187. The van der Waals surface area contributed by atoms with Crippen molar-refractivity contribution in [3.05, 3.63) is 82.4 Å². The summed E-state index contributed by atoms with van der Waals surface area (Å²) < 4.78 is 45.0. The second-order valence-electron chi connectivity index (χ2n) is 12.4. The molecule has 0 radical (unpaired) electrons. The lowest BCUT2D eigenvalue weighted by molar-refractivity contribution is -0.305. The Labute approximate surface area is 296 Å². The number of methoxy groups -OCH3 is 2. The molecule has 3 aromatic rings. The van der Waals surface area contributed by atoms with E-state index in [1.807, 2.05) is 6.07 Å². The maximum Gasteiger partial charge on any atom is 0.161 e. The fourth-order valence-corrected chi connectivity index (χ4v) is 6.38. The molecular formula is C40H53O10-. The van der Waals surface area contributed by atoms with Gasteiger partial charge in [-0.15, -0.1) is 0 Å². The van der Waals surface area contributed by atoms with Gasteiger partial charge in [-0.2, -0.15) is 0 Å². The van der Waals surface area contributed by atoms with E-state index in [-0.39, 0.29) is 6.42 Å². The van der Waals surface area contributed by atoms with E-state index in [2.05, 4.69) is 62.4 Å². The standard InChI is InChI=1S/C40H54O10/c1-30-8-11-33-34-12-9-31(2)28-36(34)40(35(33)27-30,14-6-5-7-39(41)42)32-10-13-37(49-25-23-47-21-19-45-17-15-43-3)38(29-32)50-26-24-48-22-20-46-18-16-44-4/h8-13,27-29H,5-7,14-26H2,1-4H3,(H,41,42)/p-1. The summed E-state index contributed by atoms with van der Waals surface area (Å²) in [5, 5.41) is 11.4. The molecule has 1 aliphatic rings. The molecule has 10 heteroatoms. The summed E-state index contributed by atoms with van der Waals surface area (Å²) in [6.45, 7) is 9.64. The molecule has 274 valence electrons. The van der Waals surface area contributed by atoms with Crippen molar-refractivity contribution in [3.63, 3.8) is 0 Å². The maximum absolute atomic E-state index is 11.4. The van der Waals surface area contributed by atoms with Gasteiger partial charge >= 0.3 is 0 Å².